The van der Waals surface area contributed by atoms with Crippen molar-refractivity contribution >= 4 is 11.7 Å². The highest BCUT2D eigenvalue weighted by atomic mass is 19.1. The molecular formula is C20H28FN3O2. The first-order valence-electron chi connectivity index (χ1n) is 9.85. The van der Waals surface area contributed by atoms with Gasteiger partial charge in [0.05, 0.1) is 17.7 Å². The fourth-order valence-electron chi connectivity index (χ4n) is 5.12. The normalized spacial score (nSPS) is 32.5. The Morgan fingerprint density at radius 1 is 1.23 bits per heavy atom. The van der Waals surface area contributed by atoms with Gasteiger partial charge in [0.1, 0.15) is 11.6 Å². The standard InChI is InChI=1S/C20H28FN3O2/c1-14-11-15(21)12-22-18(14)23-9-2-7-20(13-23)8-10-24(19(20)26)16-3-5-17(25)6-4-16/h11-12,16-17,25H,2-10,13H2,1H3/t16-,17-,20-/m1/s1. The molecule has 1 aromatic heterocycles. The summed E-state index contributed by atoms with van der Waals surface area (Å²) in [5.74, 6) is 0.765. The quantitative estimate of drug-likeness (QED) is 0.880. The van der Waals surface area contributed by atoms with Crippen LogP contribution in [0.5, 0.6) is 0 Å². The number of hydrogen-bond acceptors (Lipinski definition) is 4. The maximum Gasteiger partial charge on any atom is 0.230 e. The summed E-state index contributed by atoms with van der Waals surface area (Å²) in [5, 5.41) is 9.74. The van der Waals surface area contributed by atoms with Crippen molar-refractivity contribution in [3.8, 4) is 0 Å². The number of piperidine rings is 1. The van der Waals surface area contributed by atoms with Crippen LogP contribution in [-0.2, 0) is 4.79 Å². The number of carbonyl (C=O) groups is 1. The molecule has 3 aliphatic rings. The van der Waals surface area contributed by atoms with Crippen molar-refractivity contribution in [3.05, 3.63) is 23.6 Å². The number of nitrogens with zero attached hydrogens (tertiary/aromatic N) is 3. The van der Waals surface area contributed by atoms with Crippen LogP contribution in [0.15, 0.2) is 12.3 Å². The van der Waals surface area contributed by atoms with Crippen molar-refractivity contribution < 1.29 is 14.3 Å². The lowest BCUT2D eigenvalue weighted by Gasteiger charge is -2.41. The molecule has 6 heteroatoms. The molecule has 1 N–H and O–H groups in total. The van der Waals surface area contributed by atoms with Gasteiger partial charge in [-0.05, 0) is 63.5 Å². The highest BCUT2D eigenvalue weighted by molar-refractivity contribution is 5.86. The molecule has 1 saturated carbocycles. The number of aromatic nitrogens is 1. The third kappa shape index (κ3) is 3.08. The zero-order valence-electron chi connectivity index (χ0n) is 15.5. The number of carbonyl (C=O) groups excluding carboxylic acids is 1. The fourth-order valence-corrected chi connectivity index (χ4v) is 5.12. The average Bonchev–Trinajstić information content (AvgIpc) is 2.92. The Morgan fingerprint density at radius 2 is 2.00 bits per heavy atom. The predicted molar refractivity (Wildman–Crippen MR) is 97.4 cm³/mol. The summed E-state index contributed by atoms with van der Waals surface area (Å²) in [6.45, 7) is 4.24. The Labute approximate surface area is 154 Å². The topological polar surface area (TPSA) is 56.7 Å². The number of aliphatic hydroxyl groups excluding tert-OH is 1. The summed E-state index contributed by atoms with van der Waals surface area (Å²) in [6.07, 6.45) is 7.25. The van der Waals surface area contributed by atoms with E-state index in [0.29, 0.717) is 6.54 Å². The van der Waals surface area contributed by atoms with E-state index < -0.39 is 0 Å². The SMILES string of the molecule is Cc1cc(F)cnc1N1CCC[C@@]2(CCN([C@H]3CC[C@H](O)CC3)C2=O)C1. The fraction of sp³-hybridized carbons (Fsp3) is 0.700. The third-order valence-corrected chi connectivity index (χ3v) is 6.55. The van der Waals surface area contributed by atoms with Crippen LogP contribution in [-0.4, -0.2) is 52.7 Å². The number of aryl methyl sites for hydroxylation is 1. The van der Waals surface area contributed by atoms with Crippen molar-refractivity contribution in [2.24, 2.45) is 5.41 Å². The molecule has 1 aromatic rings. The lowest BCUT2D eigenvalue weighted by Crippen LogP contribution is -2.50. The van der Waals surface area contributed by atoms with Crippen LogP contribution < -0.4 is 4.90 Å². The van der Waals surface area contributed by atoms with Gasteiger partial charge >= 0.3 is 0 Å². The molecular weight excluding hydrogens is 333 g/mol. The van der Waals surface area contributed by atoms with Gasteiger partial charge in [0.2, 0.25) is 5.91 Å². The third-order valence-electron chi connectivity index (χ3n) is 6.55. The van der Waals surface area contributed by atoms with E-state index >= 15 is 0 Å². The summed E-state index contributed by atoms with van der Waals surface area (Å²) in [6, 6.07) is 1.80. The number of anilines is 1. The molecule has 2 aliphatic heterocycles. The minimum absolute atomic E-state index is 0.199. The van der Waals surface area contributed by atoms with Gasteiger partial charge in [0, 0.05) is 25.7 Å². The number of pyridine rings is 1. The second-order valence-electron chi connectivity index (χ2n) is 8.31. The zero-order chi connectivity index (χ0) is 18.3. The molecule has 3 fully saturated rings. The summed E-state index contributed by atoms with van der Waals surface area (Å²) < 4.78 is 13.4. The summed E-state index contributed by atoms with van der Waals surface area (Å²) in [5.41, 5.74) is 0.502. The van der Waals surface area contributed by atoms with Crippen LogP contribution in [0.25, 0.3) is 0 Å². The summed E-state index contributed by atoms with van der Waals surface area (Å²) >= 11 is 0. The van der Waals surface area contributed by atoms with Gasteiger partial charge in [0.25, 0.3) is 0 Å². The lowest BCUT2D eigenvalue weighted by atomic mass is 9.78. The number of hydrogen-bond donors (Lipinski definition) is 1. The van der Waals surface area contributed by atoms with E-state index in [4.69, 9.17) is 0 Å². The number of halogens is 1. The van der Waals surface area contributed by atoms with Gasteiger partial charge in [-0.2, -0.15) is 0 Å². The molecule has 1 spiro atoms. The summed E-state index contributed by atoms with van der Waals surface area (Å²) in [4.78, 5) is 21.9. The van der Waals surface area contributed by atoms with Crippen molar-refractivity contribution in [3.63, 3.8) is 0 Å². The number of amides is 1. The van der Waals surface area contributed by atoms with Gasteiger partial charge < -0.3 is 14.9 Å². The number of aliphatic hydroxyl groups is 1. The molecule has 26 heavy (non-hydrogen) atoms. The Balaban J connectivity index is 1.50. The molecule has 142 valence electrons. The average molecular weight is 361 g/mol. The monoisotopic (exact) mass is 361 g/mol. The van der Waals surface area contributed by atoms with Gasteiger partial charge in [-0.15, -0.1) is 0 Å². The number of likely N-dealkylation sites (tertiary alicyclic amines) is 1. The molecule has 1 atom stereocenters. The Kier molecular flexibility index (Phi) is 4.63. The molecule has 5 nitrogen and oxygen atoms in total. The van der Waals surface area contributed by atoms with E-state index in [9.17, 15) is 14.3 Å². The van der Waals surface area contributed by atoms with Crippen LogP contribution in [0.4, 0.5) is 10.2 Å². The van der Waals surface area contributed by atoms with E-state index in [1.165, 1.54) is 12.3 Å². The molecule has 1 amide bonds. The Bertz CT molecular complexity index is 690. The second kappa shape index (κ2) is 6.80. The van der Waals surface area contributed by atoms with E-state index in [1.54, 1.807) is 0 Å². The van der Waals surface area contributed by atoms with Gasteiger partial charge in [-0.1, -0.05) is 0 Å². The lowest BCUT2D eigenvalue weighted by molar-refractivity contribution is -0.139. The first kappa shape index (κ1) is 17.7. The van der Waals surface area contributed by atoms with E-state index in [1.807, 2.05) is 6.92 Å². The Hall–Kier alpha value is -1.69. The maximum atomic E-state index is 13.4. The molecule has 4 rings (SSSR count). The second-order valence-corrected chi connectivity index (χ2v) is 8.31. The van der Waals surface area contributed by atoms with Crippen molar-refractivity contribution in [2.75, 3.05) is 24.5 Å². The Morgan fingerprint density at radius 3 is 2.73 bits per heavy atom. The summed E-state index contributed by atoms with van der Waals surface area (Å²) in [7, 11) is 0. The smallest absolute Gasteiger partial charge is 0.230 e. The van der Waals surface area contributed by atoms with Crippen LogP contribution in [0.1, 0.15) is 50.5 Å². The van der Waals surface area contributed by atoms with Gasteiger partial charge in [-0.25, -0.2) is 9.37 Å². The van der Waals surface area contributed by atoms with E-state index in [0.717, 1.165) is 69.4 Å². The first-order valence-corrected chi connectivity index (χ1v) is 9.85. The molecule has 0 radical (unpaired) electrons. The van der Waals surface area contributed by atoms with Crippen molar-refractivity contribution in [2.45, 2.75) is 64.0 Å². The predicted octanol–water partition coefficient (Wildman–Crippen LogP) is 2.65. The van der Waals surface area contributed by atoms with Gasteiger partial charge in [-0.3, -0.25) is 4.79 Å². The highest BCUT2D eigenvalue weighted by Crippen LogP contribution is 2.43. The van der Waals surface area contributed by atoms with Crippen LogP contribution in [0.2, 0.25) is 0 Å². The van der Waals surface area contributed by atoms with Crippen LogP contribution in [0, 0.1) is 18.2 Å². The molecule has 3 heterocycles. The molecule has 0 aromatic carbocycles. The van der Waals surface area contributed by atoms with E-state index in [2.05, 4.69) is 14.8 Å². The van der Waals surface area contributed by atoms with Crippen LogP contribution >= 0.6 is 0 Å². The van der Waals surface area contributed by atoms with Crippen LogP contribution in [0.3, 0.4) is 0 Å². The largest absolute Gasteiger partial charge is 0.393 e. The first-order chi connectivity index (χ1) is 12.5. The minimum atomic E-state index is -0.323. The van der Waals surface area contributed by atoms with Crippen molar-refractivity contribution in [1.82, 2.24) is 9.88 Å². The molecule has 2 saturated heterocycles. The molecule has 1 aliphatic carbocycles. The number of rotatable bonds is 2. The maximum absolute atomic E-state index is 13.4. The van der Waals surface area contributed by atoms with Gasteiger partial charge in [0.15, 0.2) is 0 Å². The highest BCUT2D eigenvalue weighted by Gasteiger charge is 2.50. The zero-order valence-corrected chi connectivity index (χ0v) is 15.5. The van der Waals surface area contributed by atoms with Crippen molar-refractivity contribution in [1.29, 1.82) is 0 Å². The molecule has 0 unspecified atom stereocenters. The minimum Gasteiger partial charge on any atom is -0.393 e. The van der Waals surface area contributed by atoms with E-state index in [-0.39, 0.29) is 29.3 Å². The molecule has 0 bridgehead atoms.